The molecule has 1 rings (SSSR count). The van der Waals surface area contributed by atoms with Gasteiger partial charge >= 0.3 is 0 Å². The summed E-state index contributed by atoms with van der Waals surface area (Å²) in [6.07, 6.45) is 8.52. The Bertz CT molecular complexity index is 528. The molecule has 0 fully saturated rings. The smallest absolute Gasteiger partial charge is 0.245 e. The molecule has 0 atom stereocenters. The fourth-order valence-corrected chi connectivity index (χ4v) is 2.59. The van der Waals surface area contributed by atoms with Gasteiger partial charge in [-0.05, 0) is 12.8 Å². The van der Waals surface area contributed by atoms with Crippen LogP contribution in [0.15, 0.2) is 11.1 Å². The van der Waals surface area contributed by atoms with Crippen LogP contribution in [-0.2, 0) is 16.6 Å². The van der Waals surface area contributed by atoms with Crippen LogP contribution < -0.4 is 10.5 Å². The lowest BCUT2D eigenvalue weighted by molar-refractivity contribution is 0.578. The van der Waals surface area contributed by atoms with Crippen molar-refractivity contribution in [1.29, 1.82) is 0 Å². The van der Waals surface area contributed by atoms with Crippen molar-refractivity contribution in [3.63, 3.8) is 0 Å². The van der Waals surface area contributed by atoms with Crippen molar-refractivity contribution in [2.75, 3.05) is 12.3 Å². The van der Waals surface area contributed by atoms with Crippen LogP contribution in [0.2, 0.25) is 0 Å². The first-order valence-corrected chi connectivity index (χ1v) is 7.25. The first-order valence-electron chi connectivity index (χ1n) is 5.77. The third-order valence-corrected chi connectivity index (χ3v) is 3.76. The number of nitrogens with one attached hydrogen (secondary N) is 1. The molecule has 0 radical (unpaired) electrons. The van der Waals surface area contributed by atoms with Crippen molar-refractivity contribution in [2.24, 2.45) is 0 Å². The van der Waals surface area contributed by atoms with E-state index in [0.29, 0.717) is 25.9 Å². The van der Waals surface area contributed by atoms with Gasteiger partial charge in [-0.1, -0.05) is 6.92 Å². The molecule has 0 unspecified atom stereocenters. The summed E-state index contributed by atoms with van der Waals surface area (Å²) in [6.45, 7) is 2.91. The van der Waals surface area contributed by atoms with Crippen LogP contribution in [0.5, 0.6) is 0 Å². The summed E-state index contributed by atoms with van der Waals surface area (Å²) in [4.78, 5) is 0.0247. The van der Waals surface area contributed by atoms with Crippen LogP contribution in [0.3, 0.4) is 0 Å². The lowest BCUT2D eigenvalue weighted by Gasteiger charge is -2.03. The van der Waals surface area contributed by atoms with Crippen molar-refractivity contribution in [1.82, 2.24) is 14.5 Å². The van der Waals surface area contributed by atoms with Gasteiger partial charge in [0, 0.05) is 25.7 Å². The van der Waals surface area contributed by atoms with Gasteiger partial charge in [0.15, 0.2) is 5.82 Å². The fourth-order valence-electron chi connectivity index (χ4n) is 1.44. The highest BCUT2D eigenvalue weighted by atomic mass is 32.2. The van der Waals surface area contributed by atoms with E-state index in [2.05, 4.69) is 15.7 Å². The molecule has 0 aromatic carbocycles. The normalized spacial score (nSPS) is 11.3. The second kappa shape index (κ2) is 6.42. The Hall–Kier alpha value is -1.52. The van der Waals surface area contributed by atoms with Gasteiger partial charge in [0.05, 0.1) is 0 Å². The Morgan fingerprint density at radius 2 is 2.33 bits per heavy atom. The number of aromatic nitrogens is 2. The summed E-state index contributed by atoms with van der Waals surface area (Å²) in [5, 5.41) is 3.95. The van der Waals surface area contributed by atoms with Gasteiger partial charge in [-0.3, -0.25) is 4.68 Å². The minimum Gasteiger partial charge on any atom is -0.381 e. The number of sulfonamides is 1. The topological polar surface area (TPSA) is 90.0 Å². The van der Waals surface area contributed by atoms with Crippen molar-refractivity contribution in [3.05, 3.63) is 6.20 Å². The van der Waals surface area contributed by atoms with E-state index in [9.17, 15) is 8.42 Å². The molecule has 0 saturated carbocycles. The quantitative estimate of drug-likeness (QED) is 0.560. The minimum absolute atomic E-state index is 0.0212. The third kappa shape index (κ3) is 3.75. The van der Waals surface area contributed by atoms with E-state index in [1.54, 1.807) is 0 Å². The average Bonchev–Trinajstić information content (AvgIpc) is 2.67. The molecule has 0 aliphatic carbocycles. The molecule has 18 heavy (non-hydrogen) atoms. The molecule has 100 valence electrons. The number of nitrogens with zero attached hydrogens (tertiary/aromatic N) is 2. The number of terminal acetylenes is 1. The molecule has 0 saturated heterocycles. The Labute approximate surface area is 108 Å². The molecule has 0 spiro atoms. The van der Waals surface area contributed by atoms with E-state index in [0.717, 1.165) is 6.42 Å². The number of hydrogen-bond donors (Lipinski definition) is 2. The maximum atomic E-state index is 11.9. The van der Waals surface area contributed by atoms with E-state index < -0.39 is 10.0 Å². The highest BCUT2D eigenvalue weighted by molar-refractivity contribution is 7.89. The van der Waals surface area contributed by atoms with Crippen molar-refractivity contribution >= 4 is 15.8 Å². The minimum atomic E-state index is -3.60. The lowest BCUT2D eigenvalue weighted by Crippen LogP contribution is -2.25. The van der Waals surface area contributed by atoms with Crippen LogP contribution in [0.4, 0.5) is 5.82 Å². The second-order valence-electron chi connectivity index (χ2n) is 3.85. The van der Waals surface area contributed by atoms with Gasteiger partial charge in [-0.15, -0.1) is 12.3 Å². The van der Waals surface area contributed by atoms with Crippen molar-refractivity contribution in [2.45, 2.75) is 37.6 Å². The van der Waals surface area contributed by atoms with Crippen LogP contribution in [0, 0.1) is 12.3 Å². The van der Waals surface area contributed by atoms with E-state index in [-0.39, 0.29) is 10.7 Å². The maximum absolute atomic E-state index is 11.9. The first-order chi connectivity index (χ1) is 8.51. The number of nitrogen functional groups attached to an aromatic ring is 1. The van der Waals surface area contributed by atoms with Gasteiger partial charge in [-0.2, -0.15) is 5.10 Å². The molecule has 1 aromatic heterocycles. The van der Waals surface area contributed by atoms with Crippen LogP contribution >= 0.6 is 0 Å². The Balaban J connectivity index is 2.75. The van der Waals surface area contributed by atoms with Crippen LogP contribution in [0.1, 0.15) is 26.2 Å². The zero-order valence-corrected chi connectivity index (χ0v) is 11.2. The molecule has 1 aromatic rings. The summed E-state index contributed by atoms with van der Waals surface area (Å²) in [6, 6.07) is 0. The molecule has 0 amide bonds. The first kappa shape index (κ1) is 14.5. The van der Waals surface area contributed by atoms with Gasteiger partial charge in [0.1, 0.15) is 4.90 Å². The molecule has 0 bridgehead atoms. The zero-order chi connectivity index (χ0) is 13.6. The number of rotatable bonds is 7. The van der Waals surface area contributed by atoms with Crippen molar-refractivity contribution < 1.29 is 8.42 Å². The number of hydrogen-bond acceptors (Lipinski definition) is 4. The average molecular weight is 270 g/mol. The second-order valence-corrected chi connectivity index (χ2v) is 5.58. The number of unbranched alkanes of at least 4 members (excludes halogenated alkanes) is 1. The van der Waals surface area contributed by atoms with Gasteiger partial charge < -0.3 is 5.73 Å². The molecule has 6 nitrogen and oxygen atoms in total. The van der Waals surface area contributed by atoms with Crippen molar-refractivity contribution in [3.8, 4) is 12.3 Å². The van der Waals surface area contributed by atoms with E-state index in [4.69, 9.17) is 12.2 Å². The number of nitrogens with two attached hydrogens (primary N) is 1. The van der Waals surface area contributed by atoms with Gasteiger partial charge in [-0.25, -0.2) is 13.1 Å². The van der Waals surface area contributed by atoms with E-state index >= 15 is 0 Å². The molecular weight excluding hydrogens is 252 g/mol. The predicted molar refractivity (Wildman–Crippen MR) is 70.2 cm³/mol. The Morgan fingerprint density at radius 3 is 2.94 bits per heavy atom. The number of anilines is 1. The molecule has 0 aliphatic heterocycles. The van der Waals surface area contributed by atoms with Gasteiger partial charge in [0.2, 0.25) is 10.0 Å². The summed E-state index contributed by atoms with van der Waals surface area (Å²) in [7, 11) is -3.60. The number of aryl methyl sites for hydroxylation is 1. The highest BCUT2D eigenvalue weighted by Gasteiger charge is 2.20. The van der Waals surface area contributed by atoms with E-state index in [1.165, 1.54) is 10.9 Å². The van der Waals surface area contributed by atoms with E-state index in [1.807, 2.05) is 6.92 Å². The SMILES string of the molecule is C#CCCCNS(=O)(=O)c1cn(CCC)nc1N. The lowest BCUT2D eigenvalue weighted by atomic mass is 10.3. The summed E-state index contributed by atoms with van der Waals surface area (Å²) < 4.78 is 27.9. The summed E-state index contributed by atoms with van der Waals surface area (Å²) in [5.41, 5.74) is 5.60. The predicted octanol–water partition coefficient (Wildman–Crippen LogP) is 0.567. The van der Waals surface area contributed by atoms with Crippen LogP contribution in [0.25, 0.3) is 0 Å². The Morgan fingerprint density at radius 1 is 1.61 bits per heavy atom. The molecule has 0 aliphatic rings. The summed E-state index contributed by atoms with van der Waals surface area (Å²) in [5.74, 6) is 2.47. The largest absolute Gasteiger partial charge is 0.381 e. The molecule has 1 heterocycles. The molecule has 3 N–H and O–H groups in total. The molecular formula is C11H18N4O2S. The fraction of sp³-hybridized carbons (Fsp3) is 0.545. The highest BCUT2D eigenvalue weighted by Crippen LogP contribution is 2.16. The van der Waals surface area contributed by atoms with Crippen LogP contribution in [-0.4, -0.2) is 24.7 Å². The third-order valence-electron chi connectivity index (χ3n) is 2.29. The molecule has 7 heteroatoms. The summed E-state index contributed by atoms with van der Waals surface area (Å²) >= 11 is 0. The maximum Gasteiger partial charge on any atom is 0.245 e. The standard InChI is InChI=1S/C11H18N4O2S/c1-3-5-6-7-13-18(16,17)10-9-15(8-4-2)14-11(10)12/h1,9,13H,4-8H2,2H3,(H2,12,14). The zero-order valence-electron chi connectivity index (χ0n) is 10.4. The van der Waals surface area contributed by atoms with Gasteiger partial charge in [0.25, 0.3) is 0 Å². The Kier molecular flexibility index (Phi) is 5.19. The monoisotopic (exact) mass is 270 g/mol.